The van der Waals surface area contributed by atoms with E-state index in [1.807, 2.05) is 12.1 Å². The van der Waals surface area contributed by atoms with Crippen LogP contribution in [0.25, 0.3) is 0 Å². The lowest BCUT2D eigenvalue weighted by molar-refractivity contribution is 0.213. The number of para-hydroxylation sites is 1. The third-order valence-electron chi connectivity index (χ3n) is 4.02. The van der Waals surface area contributed by atoms with Crippen LogP contribution in [0.1, 0.15) is 10.9 Å². The molecule has 0 saturated carbocycles. The molecule has 1 atom stereocenters. The van der Waals surface area contributed by atoms with Gasteiger partial charge in [0.25, 0.3) is 0 Å². The van der Waals surface area contributed by atoms with Gasteiger partial charge in [-0.05, 0) is 18.2 Å². The summed E-state index contributed by atoms with van der Waals surface area (Å²) in [6, 6.07) is 8.36. The van der Waals surface area contributed by atoms with Crippen molar-refractivity contribution in [2.45, 2.75) is 5.37 Å². The van der Waals surface area contributed by atoms with E-state index in [1.165, 1.54) is 6.07 Å². The predicted molar refractivity (Wildman–Crippen MR) is 96.8 cm³/mol. The summed E-state index contributed by atoms with van der Waals surface area (Å²) in [5.74, 6) is -0.0715. The van der Waals surface area contributed by atoms with Crippen molar-refractivity contribution < 1.29 is 23.0 Å². The van der Waals surface area contributed by atoms with Crippen molar-refractivity contribution >= 4 is 23.5 Å². The number of benzene rings is 2. The van der Waals surface area contributed by atoms with Crippen LogP contribution in [-0.2, 0) is 0 Å². The molecule has 3 rings (SSSR count). The molecule has 0 spiro atoms. The van der Waals surface area contributed by atoms with E-state index in [2.05, 4.69) is 5.32 Å². The SMILES string of the molecule is COc1cccc([C@@H]2SCCN2C(=O)Nc2ccc(F)c(F)c2)c1OC. The number of carbonyl (C=O) groups excluding carboxylic acids is 1. The van der Waals surface area contributed by atoms with Gasteiger partial charge in [-0.3, -0.25) is 0 Å². The average molecular weight is 380 g/mol. The number of ether oxygens (including phenoxy) is 2. The van der Waals surface area contributed by atoms with Gasteiger partial charge in [-0.2, -0.15) is 0 Å². The van der Waals surface area contributed by atoms with E-state index < -0.39 is 17.7 Å². The smallest absolute Gasteiger partial charge is 0.323 e. The maximum Gasteiger partial charge on any atom is 0.323 e. The minimum Gasteiger partial charge on any atom is -0.493 e. The minimum atomic E-state index is -1.01. The molecule has 2 aromatic carbocycles. The van der Waals surface area contributed by atoms with Gasteiger partial charge in [0.05, 0.1) is 14.2 Å². The third kappa shape index (κ3) is 3.55. The fourth-order valence-corrected chi connectivity index (χ4v) is 4.08. The molecule has 1 saturated heterocycles. The molecule has 0 unspecified atom stereocenters. The van der Waals surface area contributed by atoms with Gasteiger partial charge in [-0.15, -0.1) is 11.8 Å². The van der Waals surface area contributed by atoms with Gasteiger partial charge in [-0.1, -0.05) is 12.1 Å². The number of urea groups is 1. The number of amides is 2. The van der Waals surface area contributed by atoms with Crippen molar-refractivity contribution in [3.8, 4) is 11.5 Å². The Balaban J connectivity index is 1.84. The van der Waals surface area contributed by atoms with Crippen LogP contribution in [0, 0.1) is 11.6 Å². The highest BCUT2D eigenvalue weighted by atomic mass is 32.2. The Morgan fingerprint density at radius 3 is 2.69 bits per heavy atom. The molecular weight excluding hydrogens is 362 g/mol. The predicted octanol–water partition coefficient (Wildman–Crippen LogP) is 4.26. The highest BCUT2D eigenvalue weighted by Gasteiger charge is 2.33. The van der Waals surface area contributed by atoms with Crippen molar-refractivity contribution in [1.82, 2.24) is 4.90 Å². The van der Waals surface area contributed by atoms with Crippen LogP contribution in [0.4, 0.5) is 19.3 Å². The number of nitrogens with one attached hydrogen (secondary N) is 1. The molecule has 138 valence electrons. The molecule has 0 bridgehead atoms. The standard InChI is InChI=1S/C18H18F2N2O3S/c1-24-15-5-3-4-12(16(15)25-2)17-22(8-9-26-17)18(23)21-11-6-7-13(19)14(20)10-11/h3-7,10,17H,8-9H2,1-2H3,(H,21,23)/t17-/m0/s1. The second kappa shape index (κ2) is 7.82. The quantitative estimate of drug-likeness (QED) is 0.861. The van der Waals surface area contributed by atoms with Crippen molar-refractivity contribution in [3.63, 3.8) is 0 Å². The average Bonchev–Trinajstić information content (AvgIpc) is 3.13. The summed E-state index contributed by atoms with van der Waals surface area (Å²) in [6.45, 7) is 0.519. The summed E-state index contributed by atoms with van der Waals surface area (Å²) in [6.07, 6.45) is 0. The van der Waals surface area contributed by atoms with Gasteiger partial charge in [0.2, 0.25) is 0 Å². The minimum absolute atomic E-state index is 0.196. The van der Waals surface area contributed by atoms with Gasteiger partial charge in [-0.25, -0.2) is 13.6 Å². The Bertz CT molecular complexity index is 819. The topological polar surface area (TPSA) is 50.8 Å². The Morgan fingerprint density at radius 1 is 1.19 bits per heavy atom. The number of anilines is 1. The van der Waals surface area contributed by atoms with Gasteiger partial charge < -0.3 is 19.7 Å². The lowest BCUT2D eigenvalue weighted by atomic mass is 10.1. The molecule has 1 N–H and O–H groups in total. The number of hydrogen-bond acceptors (Lipinski definition) is 4. The number of hydrogen-bond donors (Lipinski definition) is 1. The summed E-state index contributed by atoms with van der Waals surface area (Å²) >= 11 is 1.59. The largest absolute Gasteiger partial charge is 0.493 e. The summed E-state index contributed by atoms with van der Waals surface area (Å²) in [7, 11) is 3.10. The first-order valence-electron chi connectivity index (χ1n) is 7.90. The van der Waals surface area contributed by atoms with Crippen LogP contribution in [-0.4, -0.2) is 37.4 Å². The Kier molecular flexibility index (Phi) is 5.51. The summed E-state index contributed by atoms with van der Waals surface area (Å²) in [5.41, 5.74) is 1.01. The Hall–Kier alpha value is -2.48. The second-order valence-electron chi connectivity index (χ2n) is 5.56. The number of thioether (sulfide) groups is 1. The van der Waals surface area contributed by atoms with Crippen LogP contribution in [0.5, 0.6) is 11.5 Å². The molecule has 26 heavy (non-hydrogen) atoms. The fraction of sp³-hybridized carbons (Fsp3) is 0.278. The normalized spacial score (nSPS) is 16.5. The zero-order valence-electron chi connectivity index (χ0n) is 14.3. The van der Waals surface area contributed by atoms with Crippen molar-refractivity contribution in [3.05, 3.63) is 53.6 Å². The van der Waals surface area contributed by atoms with Gasteiger partial charge in [0, 0.05) is 29.6 Å². The molecule has 0 aliphatic carbocycles. The third-order valence-corrected chi connectivity index (χ3v) is 5.26. The monoisotopic (exact) mass is 380 g/mol. The molecule has 5 nitrogen and oxygen atoms in total. The molecule has 2 amide bonds. The fourth-order valence-electron chi connectivity index (χ4n) is 2.81. The first kappa shape index (κ1) is 18.3. The number of carbonyl (C=O) groups is 1. The van der Waals surface area contributed by atoms with Crippen molar-refractivity contribution in [2.75, 3.05) is 31.8 Å². The van der Waals surface area contributed by atoms with Crippen LogP contribution >= 0.6 is 11.8 Å². The molecule has 8 heteroatoms. The van der Waals surface area contributed by atoms with E-state index in [0.717, 1.165) is 23.4 Å². The van der Waals surface area contributed by atoms with E-state index >= 15 is 0 Å². The van der Waals surface area contributed by atoms with Crippen LogP contribution in [0.3, 0.4) is 0 Å². The highest BCUT2D eigenvalue weighted by Crippen LogP contribution is 2.45. The van der Waals surface area contributed by atoms with Crippen LogP contribution < -0.4 is 14.8 Å². The molecule has 1 aliphatic rings. The Labute approximate surface area is 154 Å². The summed E-state index contributed by atoms with van der Waals surface area (Å²) in [4.78, 5) is 14.3. The first-order valence-corrected chi connectivity index (χ1v) is 8.95. The number of nitrogens with zero attached hydrogens (tertiary/aromatic N) is 1. The van der Waals surface area contributed by atoms with Gasteiger partial charge in [0.1, 0.15) is 5.37 Å². The number of halogens is 2. The lowest BCUT2D eigenvalue weighted by Gasteiger charge is -2.26. The molecule has 0 aromatic heterocycles. The number of methoxy groups -OCH3 is 2. The van der Waals surface area contributed by atoms with Crippen molar-refractivity contribution in [2.24, 2.45) is 0 Å². The van der Waals surface area contributed by atoms with E-state index in [9.17, 15) is 13.6 Å². The lowest BCUT2D eigenvalue weighted by Crippen LogP contribution is -2.34. The molecule has 0 radical (unpaired) electrons. The summed E-state index contributed by atoms with van der Waals surface area (Å²) < 4.78 is 37.2. The van der Waals surface area contributed by atoms with Gasteiger partial charge >= 0.3 is 6.03 Å². The van der Waals surface area contributed by atoms with E-state index in [4.69, 9.17) is 9.47 Å². The number of rotatable bonds is 4. The van der Waals surface area contributed by atoms with Crippen LogP contribution in [0.15, 0.2) is 36.4 Å². The molecule has 1 fully saturated rings. The molecule has 2 aromatic rings. The maximum absolute atomic E-state index is 13.4. The van der Waals surface area contributed by atoms with Gasteiger partial charge in [0.15, 0.2) is 23.1 Å². The Morgan fingerprint density at radius 2 is 2.00 bits per heavy atom. The molecular formula is C18H18F2N2O3S. The second-order valence-corrected chi connectivity index (χ2v) is 6.75. The zero-order chi connectivity index (χ0) is 18.7. The summed E-state index contributed by atoms with van der Waals surface area (Å²) in [5, 5.41) is 2.34. The van der Waals surface area contributed by atoms with Crippen molar-refractivity contribution in [1.29, 1.82) is 0 Å². The maximum atomic E-state index is 13.4. The highest BCUT2D eigenvalue weighted by molar-refractivity contribution is 7.99. The van der Waals surface area contributed by atoms with E-state index in [0.29, 0.717) is 18.0 Å². The van der Waals surface area contributed by atoms with Crippen LogP contribution in [0.2, 0.25) is 0 Å². The molecule has 1 heterocycles. The van der Waals surface area contributed by atoms with E-state index in [1.54, 1.807) is 36.9 Å². The zero-order valence-corrected chi connectivity index (χ0v) is 15.1. The molecule has 1 aliphatic heterocycles. The first-order chi connectivity index (χ1) is 12.5. The van der Waals surface area contributed by atoms with E-state index in [-0.39, 0.29) is 11.1 Å².